The van der Waals surface area contributed by atoms with Gasteiger partial charge in [0.2, 0.25) is 10.0 Å². The second-order valence-corrected chi connectivity index (χ2v) is 11.6. The first-order valence-corrected chi connectivity index (χ1v) is 14.3. The molecule has 1 saturated carbocycles. The third-order valence-corrected chi connectivity index (χ3v) is 8.41. The lowest BCUT2D eigenvalue weighted by atomic mass is 10.00. The molecule has 1 fully saturated rings. The lowest BCUT2D eigenvalue weighted by Gasteiger charge is -2.17. The highest BCUT2D eigenvalue weighted by molar-refractivity contribution is 7.89. The predicted octanol–water partition coefficient (Wildman–Crippen LogP) is 6.21. The van der Waals surface area contributed by atoms with E-state index in [0.29, 0.717) is 5.56 Å². The summed E-state index contributed by atoms with van der Waals surface area (Å²) in [5.41, 5.74) is 6.15. The Bertz CT molecular complexity index is 1060. The summed E-state index contributed by atoms with van der Waals surface area (Å²) in [7, 11) is -2.02. The van der Waals surface area contributed by atoms with Crippen LogP contribution in [0.3, 0.4) is 0 Å². The van der Waals surface area contributed by atoms with Crippen LogP contribution in [-0.2, 0) is 16.6 Å². The molecule has 7 heteroatoms. The maximum atomic E-state index is 12.8. The van der Waals surface area contributed by atoms with Crippen LogP contribution in [-0.4, -0.2) is 31.4 Å². The lowest BCUT2D eigenvalue weighted by molar-refractivity contribution is 0.0954. The molecule has 0 spiro atoms. The minimum atomic E-state index is -3.58. The van der Waals surface area contributed by atoms with Crippen molar-refractivity contribution in [2.45, 2.75) is 89.0 Å². The van der Waals surface area contributed by atoms with Gasteiger partial charge in [0, 0.05) is 24.9 Å². The van der Waals surface area contributed by atoms with Gasteiger partial charge in [-0.15, -0.1) is 0 Å². The molecule has 1 aliphatic rings. The van der Waals surface area contributed by atoms with Gasteiger partial charge in [0.05, 0.1) is 4.90 Å². The summed E-state index contributed by atoms with van der Waals surface area (Å²) in [6, 6.07) is 13.9. The molecule has 0 heterocycles. The van der Waals surface area contributed by atoms with Crippen molar-refractivity contribution in [2.75, 3.05) is 7.05 Å². The minimum absolute atomic E-state index is 0.223. The number of aryl methyl sites for hydroxylation is 1. The second kappa shape index (κ2) is 13.5. The summed E-state index contributed by atoms with van der Waals surface area (Å²) in [5.74, 6) is -0.240. The maximum Gasteiger partial charge on any atom is 0.271 e. The third kappa shape index (κ3) is 8.58. The fourth-order valence-electron chi connectivity index (χ4n) is 4.32. The first-order valence-electron chi connectivity index (χ1n) is 12.8. The molecule has 6 nitrogen and oxygen atoms in total. The van der Waals surface area contributed by atoms with Gasteiger partial charge in [-0.25, -0.2) is 13.8 Å². The van der Waals surface area contributed by atoms with Gasteiger partial charge in [-0.05, 0) is 62.4 Å². The summed E-state index contributed by atoms with van der Waals surface area (Å²) in [4.78, 5) is 12.9. The smallest absolute Gasteiger partial charge is 0.267 e. The van der Waals surface area contributed by atoms with E-state index < -0.39 is 10.0 Å². The first-order chi connectivity index (χ1) is 16.9. The topological polar surface area (TPSA) is 78.8 Å². The molecule has 0 bridgehead atoms. The molecule has 2 aromatic carbocycles. The third-order valence-electron chi connectivity index (χ3n) is 6.60. The van der Waals surface area contributed by atoms with E-state index in [1.54, 1.807) is 55.6 Å². The Morgan fingerprint density at radius 1 is 0.829 bits per heavy atom. The molecule has 35 heavy (non-hydrogen) atoms. The molecule has 1 aliphatic carbocycles. The largest absolute Gasteiger partial charge is 0.271 e. The van der Waals surface area contributed by atoms with E-state index >= 15 is 0 Å². The molecule has 1 amide bonds. The van der Waals surface area contributed by atoms with E-state index in [1.807, 2.05) is 6.92 Å². The quantitative estimate of drug-likeness (QED) is 0.482. The van der Waals surface area contributed by atoms with Crippen LogP contribution < -0.4 is 5.43 Å². The van der Waals surface area contributed by atoms with Crippen molar-refractivity contribution in [3.05, 3.63) is 65.2 Å². The summed E-state index contributed by atoms with van der Waals surface area (Å²) >= 11 is 0. The Balaban J connectivity index is 1.57. The molecule has 1 N–H and O–H groups in total. The number of benzene rings is 2. The number of sulfonamides is 1. The summed E-state index contributed by atoms with van der Waals surface area (Å²) in [5, 5.41) is 4.46. The number of rotatable bonds is 6. The van der Waals surface area contributed by atoms with Crippen molar-refractivity contribution in [1.29, 1.82) is 0 Å². The Morgan fingerprint density at radius 3 is 1.89 bits per heavy atom. The number of nitrogens with one attached hydrogen (secondary N) is 1. The number of hydrogen-bond donors (Lipinski definition) is 1. The zero-order valence-corrected chi connectivity index (χ0v) is 21.9. The fraction of sp³-hybridized carbons (Fsp3) is 0.500. The number of amides is 1. The monoisotopic (exact) mass is 497 g/mol. The van der Waals surface area contributed by atoms with Crippen LogP contribution in [0.25, 0.3) is 0 Å². The minimum Gasteiger partial charge on any atom is -0.267 e. The standard InChI is InChI=1S/C28H39N3O3S/c1-23-14-20-27(21-15-23)35(33,34)31(2)22-24-16-18-25(19-17-24)28(32)30-29-26-12-10-8-6-4-3-5-7-9-11-13-26/h14-21H,3-13,22H2,1-2H3,(H,30,32). The van der Waals surface area contributed by atoms with E-state index in [2.05, 4.69) is 10.5 Å². The number of hydrazone groups is 1. The molecular weight excluding hydrogens is 458 g/mol. The Kier molecular flexibility index (Phi) is 10.5. The van der Waals surface area contributed by atoms with Gasteiger partial charge in [0.25, 0.3) is 5.91 Å². The van der Waals surface area contributed by atoms with Gasteiger partial charge in [-0.2, -0.15) is 9.41 Å². The van der Waals surface area contributed by atoms with E-state index in [1.165, 1.54) is 49.3 Å². The van der Waals surface area contributed by atoms with Crippen molar-refractivity contribution >= 4 is 21.6 Å². The van der Waals surface area contributed by atoms with Gasteiger partial charge >= 0.3 is 0 Å². The number of hydrogen-bond acceptors (Lipinski definition) is 4. The van der Waals surface area contributed by atoms with E-state index in [-0.39, 0.29) is 17.3 Å². The average molecular weight is 498 g/mol. The number of carbonyl (C=O) groups excluding carboxylic acids is 1. The van der Waals surface area contributed by atoms with Gasteiger partial charge in [0.1, 0.15) is 0 Å². The van der Waals surface area contributed by atoms with Crippen molar-refractivity contribution < 1.29 is 13.2 Å². The molecule has 0 saturated heterocycles. The molecule has 190 valence electrons. The molecule has 0 atom stereocenters. The first kappa shape index (κ1) is 27.1. The van der Waals surface area contributed by atoms with Gasteiger partial charge in [0.15, 0.2) is 0 Å². The highest BCUT2D eigenvalue weighted by Crippen LogP contribution is 2.18. The van der Waals surface area contributed by atoms with Crippen molar-refractivity contribution in [2.24, 2.45) is 5.10 Å². The number of nitrogens with zero attached hydrogens (tertiary/aromatic N) is 2. The molecule has 0 aliphatic heterocycles. The van der Waals surface area contributed by atoms with Crippen LogP contribution >= 0.6 is 0 Å². The Labute approximate surface area is 210 Å². The molecular formula is C28H39N3O3S. The van der Waals surface area contributed by atoms with E-state index in [4.69, 9.17) is 0 Å². The maximum absolute atomic E-state index is 12.8. The highest BCUT2D eigenvalue weighted by atomic mass is 32.2. The van der Waals surface area contributed by atoms with Crippen molar-refractivity contribution in [3.63, 3.8) is 0 Å². The van der Waals surface area contributed by atoms with Gasteiger partial charge in [-0.1, -0.05) is 74.8 Å². The zero-order chi connectivity index (χ0) is 25.1. The highest BCUT2D eigenvalue weighted by Gasteiger charge is 2.20. The van der Waals surface area contributed by atoms with Crippen LogP contribution in [0, 0.1) is 6.92 Å². The fourth-order valence-corrected chi connectivity index (χ4v) is 5.48. The zero-order valence-electron chi connectivity index (χ0n) is 21.1. The molecule has 2 aromatic rings. The van der Waals surface area contributed by atoms with Crippen molar-refractivity contribution in [3.8, 4) is 0 Å². The molecule has 3 rings (SSSR count). The van der Waals surface area contributed by atoms with Gasteiger partial charge < -0.3 is 0 Å². The number of carbonyl (C=O) groups is 1. The molecule has 0 radical (unpaired) electrons. The van der Waals surface area contributed by atoms with Crippen LogP contribution in [0.4, 0.5) is 0 Å². The van der Waals surface area contributed by atoms with Crippen LogP contribution in [0.5, 0.6) is 0 Å². The average Bonchev–Trinajstić information content (AvgIpc) is 2.84. The summed E-state index contributed by atoms with van der Waals surface area (Å²) in [6.07, 6.45) is 13.2. The Morgan fingerprint density at radius 2 is 1.34 bits per heavy atom. The summed E-state index contributed by atoms with van der Waals surface area (Å²) < 4.78 is 27.0. The lowest BCUT2D eigenvalue weighted by Crippen LogP contribution is -2.26. The summed E-state index contributed by atoms with van der Waals surface area (Å²) in [6.45, 7) is 2.15. The van der Waals surface area contributed by atoms with Crippen LogP contribution in [0.2, 0.25) is 0 Å². The van der Waals surface area contributed by atoms with Crippen molar-refractivity contribution in [1.82, 2.24) is 9.73 Å². The molecule has 0 aromatic heterocycles. The van der Waals surface area contributed by atoms with Crippen LogP contribution in [0.1, 0.15) is 92.1 Å². The van der Waals surface area contributed by atoms with Gasteiger partial charge in [-0.3, -0.25) is 4.79 Å². The molecule has 0 unspecified atom stereocenters. The normalized spacial score (nSPS) is 16.3. The Hall–Kier alpha value is -2.51. The van der Waals surface area contributed by atoms with Crippen LogP contribution in [0.15, 0.2) is 58.5 Å². The van der Waals surface area contributed by atoms with E-state index in [0.717, 1.165) is 42.5 Å². The predicted molar refractivity (Wildman–Crippen MR) is 142 cm³/mol. The van der Waals surface area contributed by atoms with E-state index in [9.17, 15) is 13.2 Å². The second-order valence-electron chi connectivity index (χ2n) is 9.57. The SMILES string of the molecule is Cc1ccc(S(=O)(=O)N(C)Cc2ccc(C(=O)NN=C3CCCCCCCCCCC3)cc2)cc1.